The normalized spacial score (nSPS) is 9.86. The van der Waals surface area contributed by atoms with Gasteiger partial charge in [0.25, 0.3) is 0 Å². The van der Waals surface area contributed by atoms with Gasteiger partial charge in [0.2, 0.25) is 0 Å². The number of carboxylic acid groups (broad SMARTS) is 1. The molecule has 0 unspecified atom stereocenters. The van der Waals surface area contributed by atoms with Crippen LogP contribution in [0.25, 0.3) is 0 Å². The molecule has 76 valence electrons. The van der Waals surface area contributed by atoms with Gasteiger partial charge < -0.3 is 15.1 Å². The van der Waals surface area contributed by atoms with Gasteiger partial charge in [0, 0.05) is 19.3 Å². The van der Waals surface area contributed by atoms with Gasteiger partial charge in [0.1, 0.15) is 0 Å². The predicted molar refractivity (Wildman–Crippen MR) is 53.8 cm³/mol. The Labute approximate surface area is 82.4 Å². The van der Waals surface area contributed by atoms with Gasteiger partial charge in [-0.3, -0.25) is 0 Å². The summed E-state index contributed by atoms with van der Waals surface area (Å²) in [5, 5.41) is 17.5. The van der Waals surface area contributed by atoms with Crippen molar-refractivity contribution in [3.05, 3.63) is 29.8 Å². The molecule has 0 bridgehead atoms. The summed E-state index contributed by atoms with van der Waals surface area (Å²) in [6, 6.07) is 6.62. The van der Waals surface area contributed by atoms with Crippen LogP contribution in [0.4, 0.5) is 5.69 Å². The Hall–Kier alpha value is -1.55. The number of aromatic carboxylic acids is 1. The van der Waals surface area contributed by atoms with Crippen molar-refractivity contribution in [2.24, 2.45) is 0 Å². The maximum atomic E-state index is 10.7. The summed E-state index contributed by atoms with van der Waals surface area (Å²) < 4.78 is 0. The second-order valence-electron chi connectivity index (χ2n) is 3.00. The first-order chi connectivity index (χ1) is 6.65. The largest absolute Gasteiger partial charge is 0.478 e. The molecule has 0 spiro atoms. The number of carbonyl (C=O) groups is 1. The third-order valence-corrected chi connectivity index (χ3v) is 1.97. The molecule has 0 aliphatic heterocycles. The summed E-state index contributed by atoms with van der Waals surface area (Å²) in [4.78, 5) is 12.5. The number of anilines is 1. The predicted octanol–water partition coefficient (Wildman–Crippen LogP) is 0.813. The third-order valence-electron chi connectivity index (χ3n) is 1.97. The van der Waals surface area contributed by atoms with Crippen molar-refractivity contribution in [2.45, 2.75) is 0 Å². The zero-order chi connectivity index (χ0) is 10.6. The molecule has 0 aliphatic carbocycles. The van der Waals surface area contributed by atoms with Gasteiger partial charge in [0.05, 0.1) is 12.2 Å². The molecule has 4 heteroatoms. The Bertz CT molecular complexity index is 325. The Balaban J connectivity index is 2.87. The smallest absolute Gasteiger partial charge is 0.335 e. The number of aliphatic hydroxyl groups excluding tert-OH is 1. The molecule has 1 rings (SSSR count). The van der Waals surface area contributed by atoms with E-state index in [4.69, 9.17) is 10.2 Å². The number of hydrogen-bond acceptors (Lipinski definition) is 3. The van der Waals surface area contributed by atoms with Crippen LogP contribution in [0.1, 0.15) is 10.4 Å². The molecule has 0 amide bonds. The van der Waals surface area contributed by atoms with Crippen LogP contribution in [-0.2, 0) is 0 Å². The van der Waals surface area contributed by atoms with Crippen LogP contribution in [0, 0.1) is 0 Å². The van der Waals surface area contributed by atoms with Crippen LogP contribution in [0.15, 0.2) is 24.3 Å². The summed E-state index contributed by atoms with van der Waals surface area (Å²) in [5.74, 6) is -0.941. The molecule has 0 fully saturated rings. The van der Waals surface area contributed by atoms with E-state index >= 15 is 0 Å². The standard InChI is InChI=1S/C10H13NO3/c1-11(5-6-12)9-4-2-3-8(7-9)10(13)14/h2-4,7,12H,5-6H2,1H3,(H,13,14). The van der Waals surface area contributed by atoms with Crippen molar-refractivity contribution in [3.63, 3.8) is 0 Å². The van der Waals surface area contributed by atoms with Crippen molar-refractivity contribution >= 4 is 11.7 Å². The van der Waals surface area contributed by atoms with Crippen LogP contribution >= 0.6 is 0 Å². The van der Waals surface area contributed by atoms with Crippen molar-refractivity contribution < 1.29 is 15.0 Å². The summed E-state index contributed by atoms with van der Waals surface area (Å²) in [7, 11) is 1.80. The zero-order valence-electron chi connectivity index (χ0n) is 7.97. The van der Waals surface area contributed by atoms with Gasteiger partial charge in [-0.15, -0.1) is 0 Å². The Morgan fingerprint density at radius 2 is 2.21 bits per heavy atom. The van der Waals surface area contributed by atoms with E-state index in [9.17, 15) is 4.79 Å². The second kappa shape index (κ2) is 4.62. The fourth-order valence-corrected chi connectivity index (χ4v) is 1.16. The molecule has 4 nitrogen and oxygen atoms in total. The minimum atomic E-state index is -0.941. The summed E-state index contributed by atoms with van der Waals surface area (Å²) in [6.45, 7) is 0.539. The highest BCUT2D eigenvalue weighted by atomic mass is 16.4. The molecule has 1 aromatic rings. The van der Waals surface area contributed by atoms with Crippen LogP contribution in [-0.4, -0.2) is 36.4 Å². The molecular formula is C10H13NO3. The van der Waals surface area contributed by atoms with Gasteiger partial charge in [0.15, 0.2) is 0 Å². The van der Waals surface area contributed by atoms with Gasteiger partial charge in [-0.2, -0.15) is 0 Å². The van der Waals surface area contributed by atoms with Crippen molar-refractivity contribution in [1.82, 2.24) is 0 Å². The number of aliphatic hydroxyl groups is 1. The maximum absolute atomic E-state index is 10.7. The Morgan fingerprint density at radius 3 is 2.79 bits per heavy atom. The van der Waals surface area contributed by atoms with E-state index in [-0.39, 0.29) is 12.2 Å². The minimum Gasteiger partial charge on any atom is -0.478 e. The van der Waals surface area contributed by atoms with Gasteiger partial charge in [-0.05, 0) is 18.2 Å². The first-order valence-electron chi connectivity index (χ1n) is 4.30. The third kappa shape index (κ3) is 2.47. The topological polar surface area (TPSA) is 60.8 Å². The van der Waals surface area contributed by atoms with E-state index in [1.807, 2.05) is 6.07 Å². The van der Waals surface area contributed by atoms with Gasteiger partial charge in [-0.25, -0.2) is 4.79 Å². The quantitative estimate of drug-likeness (QED) is 0.746. The molecule has 0 atom stereocenters. The highest BCUT2D eigenvalue weighted by Gasteiger charge is 2.05. The SMILES string of the molecule is CN(CCO)c1cccc(C(=O)O)c1. The van der Waals surface area contributed by atoms with Gasteiger partial charge >= 0.3 is 5.97 Å². The Kier molecular flexibility index (Phi) is 3.48. The first-order valence-corrected chi connectivity index (χ1v) is 4.30. The van der Waals surface area contributed by atoms with Crippen molar-refractivity contribution in [2.75, 3.05) is 25.1 Å². The van der Waals surface area contributed by atoms with E-state index in [0.717, 1.165) is 5.69 Å². The maximum Gasteiger partial charge on any atom is 0.335 e. The lowest BCUT2D eigenvalue weighted by molar-refractivity contribution is 0.0697. The summed E-state index contributed by atoms with van der Waals surface area (Å²) in [6.07, 6.45) is 0. The number of hydrogen-bond donors (Lipinski definition) is 2. The fourth-order valence-electron chi connectivity index (χ4n) is 1.16. The van der Waals surface area contributed by atoms with Crippen LogP contribution in [0.3, 0.4) is 0 Å². The van der Waals surface area contributed by atoms with Crippen LogP contribution in [0.5, 0.6) is 0 Å². The molecule has 0 radical (unpaired) electrons. The number of nitrogens with zero attached hydrogens (tertiary/aromatic N) is 1. The fraction of sp³-hybridized carbons (Fsp3) is 0.300. The van der Waals surface area contributed by atoms with E-state index in [2.05, 4.69) is 0 Å². The van der Waals surface area contributed by atoms with Crippen LogP contribution in [0.2, 0.25) is 0 Å². The zero-order valence-corrected chi connectivity index (χ0v) is 7.97. The summed E-state index contributed by atoms with van der Waals surface area (Å²) >= 11 is 0. The van der Waals surface area contributed by atoms with Gasteiger partial charge in [-0.1, -0.05) is 6.07 Å². The lowest BCUT2D eigenvalue weighted by Gasteiger charge is -2.17. The lowest BCUT2D eigenvalue weighted by atomic mass is 10.2. The second-order valence-corrected chi connectivity index (χ2v) is 3.00. The molecule has 14 heavy (non-hydrogen) atoms. The highest BCUT2D eigenvalue weighted by molar-refractivity contribution is 5.88. The van der Waals surface area contributed by atoms with Crippen molar-refractivity contribution in [3.8, 4) is 0 Å². The Morgan fingerprint density at radius 1 is 1.50 bits per heavy atom. The molecule has 0 saturated heterocycles. The molecule has 2 N–H and O–H groups in total. The van der Waals surface area contributed by atoms with E-state index in [1.165, 1.54) is 0 Å². The molecule has 0 saturated carbocycles. The van der Waals surface area contributed by atoms with E-state index in [1.54, 1.807) is 30.1 Å². The molecular weight excluding hydrogens is 182 g/mol. The average molecular weight is 195 g/mol. The minimum absolute atomic E-state index is 0.0494. The number of likely N-dealkylation sites (N-methyl/N-ethyl adjacent to an activating group) is 1. The lowest BCUT2D eigenvalue weighted by Crippen LogP contribution is -2.21. The molecule has 0 aliphatic rings. The van der Waals surface area contributed by atoms with Crippen LogP contribution < -0.4 is 4.90 Å². The number of rotatable bonds is 4. The molecule has 0 aromatic heterocycles. The van der Waals surface area contributed by atoms with E-state index < -0.39 is 5.97 Å². The summed E-state index contributed by atoms with van der Waals surface area (Å²) in [5.41, 5.74) is 1.05. The van der Waals surface area contributed by atoms with E-state index in [0.29, 0.717) is 6.54 Å². The first kappa shape index (κ1) is 10.5. The number of carboxylic acids is 1. The monoisotopic (exact) mass is 195 g/mol. The average Bonchev–Trinajstić information content (AvgIpc) is 2.18. The molecule has 0 heterocycles. The number of benzene rings is 1. The van der Waals surface area contributed by atoms with Crippen molar-refractivity contribution in [1.29, 1.82) is 0 Å². The molecule has 1 aromatic carbocycles. The highest BCUT2D eigenvalue weighted by Crippen LogP contribution is 2.14.